The zero-order chi connectivity index (χ0) is 13.7. The molecule has 0 aliphatic rings. The number of rotatable bonds is 5. The monoisotopic (exact) mass is 327 g/mol. The summed E-state index contributed by atoms with van der Waals surface area (Å²) in [7, 11) is 0. The molecule has 2 aromatic rings. The van der Waals surface area contributed by atoms with Crippen molar-refractivity contribution in [2.24, 2.45) is 0 Å². The van der Waals surface area contributed by atoms with Gasteiger partial charge in [-0.1, -0.05) is 23.5 Å². The Kier molecular flexibility index (Phi) is 5.87. The Morgan fingerprint density at radius 1 is 0.632 bits per heavy atom. The average Bonchev–Trinajstić information content (AvgIpc) is 2.47. The van der Waals surface area contributed by atoms with Crippen LogP contribution in [0.5, 0.6) is 0 Å². The Morgan fingerprint density at radius 3 is 1.58 bits per heavy atom. The third kappa shape index (κ3) is 4.30. The van der Waals surface area contributed by atoms with E-state index in [1.54, 1.807) is 23.5 Å². The molecule has 1 aromatic carbocycles. The normalized spacial score (nSPS) is 10.7. The van der Waals surface area contributed by atoms with E-state index in [0.29, 0.717) is 0 Å². The van der Waals surface area contributed by atoms with E-state index in [4.69, 9.17) is 0 Å². The van der Waals surface area contributed by atoms with Gasteiger partial charge in [-0.05, 0) is 54.8 Å². The van der Waals surface area contributed by atoms with Gasteiger partial charge in [0.05, 0.1) is 0 Å². The number of thioether (sulfide) groups is 3. The molecule has 2 rings (SSSR count). The van der Waals surface area contributed by atoms with Crippen molar-refractivity contribution < 1.29 is 0 Å². The van der Waals surface area contributed by atoms with Crippen LogP contribution in [-0.4, -0.2) is 33.7 Å². The number of aromatic nitrogens is 3. The van der Waals surface area contributed by atoms with E-state index in [1.165, 1.54) is 28.4 Å². The molecule has 0 amide bonds. The fourth-order valence-electron chi connectivity index (χ4n) is 1.30. The molecule has 0 aliphatic carbocycles. The topological polar surface area (TPSA) is 38.7 Å². The quantitative estimate of drug-likeness (QED) is 0.762. The first kappa shape index (κ1) is 15.0. The number of benzene rings is 1. The van der Waals surface area contributed by atoms with Crippen LogP contribution in [0.15, 0.2) is 49.5 Å². The Hall–Kier alpha value is -0.370. The van der Waals surface area contributed by atoms with Gasteiger partial charge in [0.15, 0.2) is 15.5 Å². The van der Waals surface area contributed by atoms with Crippen LogP contribution >= 0.6 is 47.0 Å². The zero-order valence-corrected chi connectivity index (χ0v) is 14.1. The molecule has 1 aromatic heterocycles. The van der Waals surface area contributed by atoms with Gasteiger partial charge in [-0.15, -0.1) is 11.8 Å². The number of hydrogen-bond acceptors (Lipinski definition) is 7. The summed E-state index contributed by atoms with van der Waals surface area (Å²) >= 11 is 6.38. The van der Waals surface area contributed by atoms with Gasteiger partial charge in [-0.25, -0.2) is 0 Å². The molecule has 0 bridgehead atoms. The largest absolute Gasteiger partial charge is 0.197 e. The molecule has 0 saturated carbocycles. The lowest BCUT2D eigenvalue weighted by molar-refractivity contribution is 0.719. The molecule has 0 unspecified atom stereocenters. The van der Waals surface area contributed by atoms with E-state index in [0.717, 1.165) is 20.4 Å². The van der Waals surface area contributed by atoms with Gasteiger partial charge in [-0.3, -0.25) is 0 Å². The summed E-state index contributed by atoms with van der Waals surface area (Å²) in [5.74, 6) is 0. The third-order valence-corrected chi connectivity index (χ3v) is 4.92. The van der Waals surface area contributed by atoms with Crippen molar-refractivity contribution in [3.63, 3.8) is 0 Å². The first-order chi connectivity index (χ1) is 9.25. The first-order valence-corrected chi connectivity index (χ1v) is 9.90. The Morgan fingerprint density at radius 2 is 1.11 bits per heavy atom. The van der Waals surface area contributed by atoms with Crippen molar-refractivity contribution in [1.29, 1.82) is 0 Å². The molecular formula is C12H13N3S4. The third-order valence-electron chi connectivity index (χ3n) is 2.21. The molecule has 0 aliphatic heterocycles. The summed E-state index contributed by atoms with van der Waals surface area (Å²) < 4.78 is 0. The lowest BCUT2D eigenvalue weighted by Gasteiger charge is -2.04. The van der Waals surface area contributed by atoms with Crippen molar-refractivity contribution in [1.82, 2.24) is 15.0 Å². The maximum atomic E-state index is 4.42. The van der Waals surface area contributed by atoms with E-state index in [-0.39, 0.29) is 0 Å². The van der Waals surface area contributed by atoms with E-state index < -0.39 is 0 Å². The summed E-state index contributed by atoms with van der Waals surface area (Å²) in [5.41, 5.74) is 0. The maximum absolute atomic E-state index is 4.42. The van der Waals surface area contributed by atoms with Crippen LogP contribution in [0.4, 0.5) is 0 Å². The van der Waals surface area contributed by atoms with Crippen LogP contribution in [0.3, 0.4) is 0 Å². The SMILES string of the molecule is CSc1ccc(Sc2nc(SC)nc(SC)n2)cc1. The Balaban J connectivity index is 2.21. The van der Waals surface area contributed by atoms with Crippen LogP contribution in [0, 0.1) is 0 Å². The predicted molar refractivity (Wildman–Crippen MR) is 85.7 cm³/mol. The lowest BCUT2D eigenvalue weighted by Crippen LogP contribution is -1.95. The molecular weight excluding hydrogens is 314 g/mol. The van der Waals surface area contributed by atoms with Crippen molar-refractivity contribution in [2.45, 2.75) is 25.3 Å². The minimum atomic E-state index is 0.751. The number of nitrogens with zero attached hydrogens (tertiary/aromatic N) is 3. The summed E-state index contributed by atoms with van der Waals surface area (Å²) in [4.78, 5) is 15.6. The molecule has 1 heterocycles. The van der Waals surface area contributed by atoms with Crippen molar-refractivity contribution in [2.75, 3.05) is 18.8 Å². The zero-order valence-electron chi connectivity index (χ0n) is 10.8. The van der Waals surface area contributed by atoms with Gasteiger partial charge < -0.3 is 0 Å². The van der Waals surface area contributed by atoms with Crippen molar-refractivity contribution in [3.8, 4) is 0 Å². The standard InChI is InChI=1S/C12H13N3S4/c1-16-8-4-6-9(7-5-8)19-12-14-10(17-2)13-11(15-12)18-3/h4-7H,1-3H3. The summed E-state index contributed by atoms with van der Waals surface area (Å²) in [6.07, 6.45) is 6.02. The number of hydrogen-bond donors (Lipinski definition) is 0. The summed E-state index contributed by atoms with van der Waals surface area (Å²) in [5, 5.41) is 2.28. The second kappa shape index (κ2) is 7.42. The van der Waals surface area contributed by atoms with Gasteiger partial charge in [0, 0.05) is 9.79 Å². The van der Waals surface area contributed by atoms with E-state index in [2.05, 4.69) is 45.5 Å². The van der Waals surface area contributed by atoms with Gasteiger partial charge in [0.2, 0.25) is 0 Å². The first-order valence-electron chi connectivity index (χ1n) is 5.41. The van der Waals surface area contributed by atoms with Crippen LogP contribution in [0.2, 0.25) is 0 Å². The summed E-state index contributed by atoms with van der Waals surface area (Å²) in [6.45, 7) is 0. The second-order valence-corrected chi connectivity index (χ2v) is 6.84. The average molecular weight is 328 g/mol. The van der Waals surface area contributed by atoms with Crippen LogP contribution < -0.4 is 0 Å². The summed E-state index contributed by atoms with van der Waals surface area (Å²) in [6, 6.07) is 8.41. The molecule has 0 fully saturated rings. The maximum Gasteiger partial charge on any atom is 0.197 e. The highest BCUT2D eigenvalue weighted by atomic mass is 32.2. The van der Waals surface area contributed by atoms with Crippen LogP contribution in [0.1, 0.15) is 0 Å². The van der Waals surface area contributed by atoms with Gasteiger partial charge in [0.25, 0.3) is 0 Å². The Bertz CT molecular complexity index is 523. The van der Waals surface area contributed by atoms with Crippen LogP contribution in [0.25, 0.3) is 0 Å². The highest BCUT2D eigenvalue weighted by Crippen LogP contribution is 2.28. The van der Waals surface area contributed by atoms with Crippen LogP contribution in [-0.2, 0) is 0 Å². The lowest BCUT2D eigenvalue weighted by atomic mass is 10.4. The molecule has 7 heteroatoms. The molecule has 0 atom stereocenters. The van der Waals surface area contributed by atoms with Crippen molar-refractivity contribution in [3.05, 3.63) is 24.3 Å². The molecule has 0 saturated heterocycles. The minimum absolute atomic E-state index is 0.751. The molecule has 0 N–H and O–H groups in total. The molecule has 19 heavy (non-hydrogen) atoms. The van der Waals surface area contributed by atoms with E-state index >= 15 is 0 Å². The second-order valence-electron chi connectivity index (χ2n) is 3.37. The van der Waals surface area contributed by atoms with Gasteiger partial charge >= 0.3 is 0 Å². The van der Waals surface area contributed by atoms with E-state index in [1.807, 2.05) is 12.5 Å². The minimum Gasteiger partial charge on any atom is -0.196 e. The molecule has 0 radical (unpaired) electrons. The molecule has 100 valence electrons. The highest BCUT2D eigenvalue weighted by molar-refractivity contribution is 8.00. The van der Waals surface area contributed by atoms with Gasteiger partial charge in [-0.2, -0.15) is 15.0 Å². The smallest absolute Gasteiger partial charge is 0.196 e. The Labute approximate surface area is 130 Å². The van der Waals surface area contributed by atoms with E-state index in [9.17, 15) is 0 Å². The molecule has 3 nitrogen and oxygen atoms in total. The molecule has 0 spiro atoms. The predicted octanol–water partition coefficient (Wildman–Crippen LogP) is 4.19. The fraction of sp³-hybridized carbons (Fsp3) is 0.250. The van der Waals surface area contributed by atoms with Crippen molar-refractivity contribution >= 4 is 47.0 Å². The highest BCUT2D eigenvalue weighted by Gasteiger charge is 2.07. The van der Waals surface area contributed by atoms with Gasteiger partial charge in [0.1, 0.15) is 0 Å². The fourth-order valence-corrected chi connectivity index (χ4v) is 3.34.